The monoisotopic (exact) mass is 227 g/mol. The molecule has 1 saturated heterocycles. The Morgan fingerprint density at radius 1 is 1.00 bits per heavy atom. The van der Waals surface area contributed by atoms with Gasteiger partial charge in [-0.2, -0.15) is 0 Å². The molecule has 0 aromatic rings. The topological polar surface area (TPSA) is 9.72 Å². The highest BCUT2D eigenvalue weighted by Gasteiger charge is 2.12. The maximum absolute atomic E-state index is 2.61. The largest absolute Gasteiger partial charge is 0.306 e. The Morgan fingerprint density at radius 3 is 2.31 bits per heavy atom. The first-order valence-electron chi connectivity index (χ1n) is 6.82. The van der Waals surface area contributed by atoms with E-state index in [2.05, 4.69) is 35.7 Å². The standard InChI is InChI=1S/C13H29N3/c1-4-7-14(2)8-5-6-9-16-12-10-15(3)11-13-16/h4-13H2,1-3H3. The van der Waals surface area contributed by atoms with Gasteiger partial charge in [-0.15, -0.1) is 0 Å². The highest BCUT2D eigenvalue weighted by molar-refractivity contribution is 4.69. The van der Waals surface area contributed by atoms with Gasteiger partial charge in [-0.1, -0.05) is 6.92 Å². The summed E-state index contributed by atoms with van der Waals surface area (Å²) in [4.78, 5) is 7.48. The van der Waals surface area contributed by atoms with E-state index in [4.69, 9.17) is 0 Å². The number of likely N-dealkylation sites (N-methyl/N-ethyl adjacent to an activating group) is 1. The zero-order chi connectivity index (χ0) is 11.8. The minimum Gasteiger partial charge on any atom is -0.306 e. The number of piperazine rings is 1. The van der Waals surface area contributed by atoms with Gasteiger partial charge in [0, 0.05) is 26.2 Å². The van der Waals surface area contributed by atoms with Crippen molar-refractivity contribution in [3.05, 3.63) is 0 Å². The number of unbranched alkanes of at least 4 members (excludes halogenated alkanes) is 1. The van der Waals surface area contributed by atoms with Gasteiger partial charge >= 0.3 is 0 Å². The van der Waals surface area contributed by atoms with E-state index in [1.54, 1.807) is 0 Å². The summed E-state index contributed by atoms with van der Waals surface area (Å²) in [7, 11) is 4.45. The van der Waals surface area contributed by atoms with Gasteiger partial charge in [0.2, 0.25) is 0 Å². The lowest BCUT2D eigenvalue weighted by Crippen LogP contribution is -2.44. The van der Waals surface area contributed by atoms with Crippen LogP contribution in [0.15, 0.2) is 0 Å². The molecule has 1 heterocycles. The molecule has 0 spiro atoms. The molecule has 1 aliphatic rings. The Kier molecular flexibility index (Phi) is 7.01. The summed E-state index contributed by atoms with van der Waals surface area (Å²) in [6.45, 7) is 11.1. The minimum atomic E-state index is 1.24. The van der Waals surface area contributed by atoms with Crippen molar-refractivity contribution in [2.75, 3.05) is 59.9 Å². The number of nitrogens with zero attached hydrogens (tertiary/aromatic N) is 3. The van der Waals surface area contributed by atoms with E-state index in [9.17, 15) is 0 Å². The SMILES string of the molecule is CCCN(C)CCCCN1CCN(C)CC1. The molecule has 3 nitrogen and oxygen atoms in total. The van der Waals surface area contributed by atoms with Crippen LogP contribution in [-0.2, 0) is 0 Å². The van der Waals surface area contributed by atoms with Crippen LogP contribution in [0.1, 0.15) is 26.2 Å². The van der Waals surface area contributed by atoms with Crippen LogP contribution in [0.25, 0.3) is 0 Å². The van der Waals surface area contributed by atoms with Crippen LogP contribution in [0, 0.1) is 0 Å². The fourth-order valence-electron chi connectivity index (χ4n) is 2.28. The van der Waals surface area contributed by atoms with Crippen LogP contribution >= 0.6 is 0 Å². The molecule has 0 radical (unpaired) electrons. The van der Waals surface area contributed by atoms with Gasteiger partial charge in [-0.25, -0.2) is 0 Å². The molecule has 1 rings (SSSR count). The van der Waals surface area contributed by atoms with Crippen molar-refractivity contribution in [3.8, 4) is 0 Å². The van der Waals surface area contributed by atoms with Crippen molar-refractivity contribution in [3.63, 3.8) is 0 Å². The summed E-state index contributed by atoms with van der Waals surface area (Å²) in [5.41, 5.74) is 0. The molecule has 0 N–H and O–H groups in total. The van der Waals surface area contributed by atoms with Crippen molar-refractivity contribution in [1.82, 2.24) is 14.7 Å². The lowest BCUT2D eigenvalue weighted by molar-refractivity contribution is 0.150. The average molecular weight is 227 g/mol. The molecular weight excluding hydrogens is 198 g/mol. The fourth-order valence-corrected chi connectivity index (χ4v) is 2.28. The van der Waals surface area contributed by atoms with Gasteiger partial charge in [-0.3, -0.25) is 0 Å². The van der Waals surface area contributed by atoms with Gasteiger partial charge in [0.05, 0.1) is 0 Å². The molecule has 1 aliphatic heterocycles. The molecule has 0 bridgehead atoms. The van der Waals surface area contributed by atoms with Gasteiger partial charge in [-0.05, 0) is 53.0 Å². The normalized spacial score (nSPS) is 19.5. The third-order valence-electron chi connectivity index (χ3n) is 3.47. The molecule has 0 amide bonds. The molecule has 0 aliphatic carbocycles. The summed E-state index contributed by atoms with van der Waals surface area (Å²) >= 11 is 0. The first-order valence-corrected chi connectivity index (χ1v) is 6.82. The summed E-state index contributed by atoms with van der Waals surface area (Å²) in [5.74, 6) is 0. The van der Waals surface area contributed by atoms with E-state index < -0.39 is 0 Å². The molecule has 16 heavy (non-hydrogen) atoms. The Morgan fingerprint density at radius 2 is 1.69 bits per heavy atom. The second-order valence-electron chi connectivity index (χ2n) is 5.16. The van der Waals surface area contributed by atoms with Gasteiger partial charge in [0.1, 0.15) is 0 Å². The van der Waals surface area contributed by atoms with E-state index in [1.165, 1.54) is 65.1 Å². The van der Waals surface area contributed by atoms with Gasteiger partial charge in [0.25, 0.3) is 0 Å². The Labute approximate surface area is 101 Å². The van der Waals surface area contributed by atoms with Crippen molar-refractivity contribution in [2.45, 2.75) is 26.2 Å². The molecule has 0 aromatic carbocycles. The quantitative estimate of drug-likeness (QED) is 0.608. The second kappa shape index (κ2) is 8.04. The molecule has 0 atom stereocenters. The number of hydrogen-bond donors (Lipinski definition) is 0. The van der Waals surface area contributed by atoms with Crippen LogP contribution in [0.4, 0.5) is 0 Å². The van der Waals surface area contributed by atoms with Crippen molar-refractivity contribution < 1.29 is 0 Å². The Bertz CT molecular complexity index is 165. The number of hydrogen-bond acceptors (Lipinski definition) is 3. The van der Waals surface area contributed by atoms with E-state index in [0.29, 0.717) is 0 Å². The summed E-state index contributed by atoms with van der Waals surface area (Å²) < 4.78 is 0. The van der Waals surface area contributed by atoms with E-state index in [1.807, 2.05) is 0 Å². The predicted molar refractivity (Wildman–Crippen MR) is 71.0 cm³/mol. The summed E-state index contributed by atoms with van der Waals surface area (Å²) in [6, 6.07) is 0. The maximum Gasteiger partial charge on any atom is 0.0110 e. The van der Waals surface area contributed by atoms with Crippen LogP contribution < -0.4 is 0 Å². The highest BCUT2D eigenvalue weighted by atomic mass is 15.2. The van der Waals surface area contributed by atoms with Crippen LogP contribution in [0.5, 0.6) is 0 Å². The first-order chi connectivity index (χ1) is 7.72. The first kappa shape index (κ1) is 13.9. The van der Waals surface area contributed by atoms with E-state index in [-0.39, 0.29) is 0 Å². The molecule has 3 heteroatoms. The molecule has 96 valence electrons. The second-order valence-corrected chi connectivity index (χ2v) is 5.16. The van der Waals surface area contributed by atoms with Gasteiger partial charge in [0.15, 0.2) is 0 Å². The predicted octanol–water partition coefficient (Wildman–Crippen LogP) is 1.36. The molecule has 0 unspecified atom stereocenters. The highest BCUT2D eigenvalue weighted by Crippen LogP contribution is 2.02. The van der Waals surface area contributed by atoms with Crippen LogP contribution in [-0.4, -0.2) is 74.6 Å². The molecule has 0 aromatic heterocycles. The van der Waals surface area contributed by atoms with E-state index in [0.717, 1.165) is 0 Å². The van der Waals surface area contributed by atoms with Crippen molar-refractivity contribution in [2.24, 2.45) is 0 Å². The van der Waals surface area contributed by atoms with Crippen LogP contribution in [0.3, 0.4) is 0 Å². The molecular formula is C13H29N3. The lowest BCUT2D eigenvalue weighted by Gasteiger charge is -2.32. The third kappa shape index (κ3) is 5.83. The zero-order valence-electron chi connectivity index (χ0n) is 11.4. The van der Waals surface area contributed by atoms with Gasteiger partial charge < -0.3 is 14.7 Å². The lowest BCUT2D eigenvalue weighted by atomic mass is 10.2. The Hall–Kier alpha value is -0.120. The number of rotatable bonds is 7. The Balaban J connectivity index is 1.95. The van der Waals surface area contributed by atoms with Crippen molar-refractivity contribution in [1.29, 1.82) is 0 Å². The zero-order valence-corrected chi connectivity index (χ0v) is 11.4. The van der Waals surface area contributed by atoms with Crippen molar-refractivity contribution >= 4 is 0 Å². The summed E-state index contributed by atoms with van der Waals surface area (Å²) in [6.07, 6.45) is 3.98. The molecule has 1 fully saturated rings. The minimum absolute atomic E-state index is 1.24. The summed E-state index contributed by atoms with van der Waals surface area (Å²) in [5, 5.41) is 0. The third-order valence-corrected chi connectivity index (χ3v) is 3.47. The average Bonchev–Trinajstić information content (AvgIpc) is 2.27. The fraction of sp³-hybridized carbons (Fsp3) is 1.00. The molecule has 0 saturated carbocycles. The maximum atomic E-state index is 2.61. The van der Waals surface area contributed by atoms with Crippen LogP contribution in [0.2, 0.25) is 0 Å². The van der Waals surface area contributed by atoms with E-state index >= 15 is 0 Å². The smallest absolute Gasteiger partial charge is 0.0110 e.